The fourth-order valence-corrected chi connectivity index (χ4v) is 5.32. The minimum absolute atomic E-state index is 0.0858. The van der Waals surface area contributed by atoms with Gasteiger partial charge >= 0.3 is 11.5 Å². The van der Waals surface area contributed by atoms with E-state index in [-0.39, 0.29) is 22.0 Å². The van der Waals surface area contributed by atoms with Gasteiger partial charge in [0.1, 0.15) is 11.5 Å². The maximum atomic E-state index is 13.2. The third-order valence-corrected chi connectivity index (χ3v) is 7.69. The van der Waals surface area contributed by atoms with E-state index in [0.717, 1.165) is 118 Å². The first-order valence-corrected chi connectivity index (χ1v) is 16.1. The molecule has 0 amide bonds. The summed E-state index contributed by atoms with van der Waals surface area (Å²) in [4.78, 5) is 26.3. The molecule has 3 rings (SSSR count). The minimum atomic E-state index is -0.154. The second kappa shape index (κ2) is 17.1. The van der Waals surface area contributed by atoms with E-state index in [1.54, 1.807) is 6.08 Å². The Morgan fingerprint density at radius 2 is 1.10 bits per heavy atom. The predicted octanol–water partition coefficient (Wildman–Crippen LogP) is 7.81. The fraction of sp³-hybridized carbons (Fsp3) is 0.583. The molecule has 0 spiro atoms. The Morgan fingerprint density at radius 3 is 1.55 bits per heavy atom. The van der Waals surface area contributed by atoms with E-state index in [0.29, 0.717) is 5.22 Å². The molecule has 4 heteroatoms. The van der Waals surface area contributed by atoms with Crippen molar-refractivity contribution in [2.24, 2.45) is 5.92 Å². The molecule has 1 aliphatic rings. The highest BCUT2D eigenvalue weighted by molar-refractivity contribution is 5.52. The van der Waals surface area contributed by atoms with Crippen molar-refractivity contribution in [1.29, 1.82) is 0 Å². The Kier molecular flexibility index (Phi) is 13.6. The molecule has 40 heavy (non-hydrogen) atoms. The van der Waals surface area contributed by atoms with Crippen LogP contribution in [0.1, 0.15) is 135 Å². The molecule has 0 aliphatic carbocycles. The largest absolute Gasteiger partial charge is 0.467 e. The summed E-state index contributed by atoms with van der Waals surface area (Å²) in [7, 11) is 0. The third-order valence-electron chi connectivity index (χ3n) is 7.69. The monoisotopic (exact) mass is 547 g/mol. The summed E-state index contributed by atoms with van der Waals surface area (Å²) in [5.41, 5.74) is 0.584. The molecule has 0 fully saturated rings. The van der Waals surface area contributed by atoms with Gasteiger partial charge in [-0.15, -0.1) is 0 Å². The molecule has 1 aliphatic heterocycles. The SMILES string of the molecule is CCCCCC1=CC(C=c2c(=O)c(=Cc3cc(CCCCC)[o+]c(CCCCC)c3)c2=O)C=C(CCCCC)O1. The van der Waals surface area contributed by atoms with Crippen LogP contribution in [-0.2, 0) is 17.6 Å². The van der Waals surface area contributed by atoms with Gasteiger partial charge in [-0.3, -0.25) is 9.59 Å². The molecule has 0 atom stereocenters. The molecule has 1 aromatic heterocycles. The van der Waals surface area contributed by atoms with Crippen LogP contribution in [0.15, 0.2) is 49.8 Å². The molecule has 4 nitrogen and oxygen atoms in total. The molecule has 1 aromatic carbocycles. The van der Waals surface area contributed by atoms with Crippen LogP contribution < -0.4 is 21.3 Å². The van der Waals surface area contributed by atoms with Crippen molar-refractivity contribution in [3.8, 4) is 0 Å². The van der Waals surface area contributed by atoms with Gasteiger partial charge in [0.25, 0.3) is 0 Å². The van der Waals surface area contributed by atoms with Crippen molar-refractivity contribution in [3.05, 3.63) is 83.8 Å². The van der Waals surface area contributed by atoms with E-state index in [2.05, 4.69) is 39.8 Å². The molecular formula is C36H51O4+. The summed E-state index contributed by atoms with van der Waals surface area (Å²) in [5, 5.41) is 0.584. The van der Waals surface area contributed by atoms with Gasteiger partial charge < -0.3 is 4.74 Å². The number of allylic oxidation sites excluding steroid dienone is 4. The van der Waals surface area contributed by atoms with Crippen LogP contribution in [0.3, 0.4) is 0 Å². The van der Waals surface area contributed by atoms with Gasteiger partial charge in [-0.05, 0) is 49.5 Å². The number of unbranched alkanes of at least 4 members (excludes halogenated alkanes) is 8. The van der Waals surface area contributed by atoms with Gasteiger partial charge in [-0.1, -0.05) is 85.1 Å². The average Bonchev–Trinajstić information content (AvgIpc) is 2.95. The molecular weight excluding hydrogens is 496 g/mol. The molecule has 218 valence electrons. The van der Waals surface area contributed by atoms with E-state index in [4.69, 9.17) is 9.15 Å². The Bertz CT molecular complexity index is 1230. The predicted molar refractivity (Wildman–Crippen MR) is 167 cm³/mol. The van der Waals surface area contributed by atoms with Crippen LogP contribution in [0.5, 0.6) is 0 Å². The lowest BCUT2D eigenvalue weighted by atomic mass is 9.98. The van der Waals surface area contributed by atoms with Crippen LogP contribution in [0.25, 0.3) is 12.2 Å². The quantitative estimate of drug-likeness (QED) is 0.141. The van der Waals surface area contributed by atoms with Gasteiger partial charge in [0.15, 0.2) is 0 Å². The van der Waals surface area contributed by atoms with Crippen LogP contribution >= 0.6 is 0 Å². The zero-order valence-corrected chi connectivity index (χ0v) is 25.5. The third kappa shape index (κ3) is 9.71. The summed E-state index contributed by atoms with van der Waals surface area (Å²) in [5.74, 6) is 3.73. The summed E-state index contributed by atoms with van der Waals surface area (Å²) in [6.45, 7) is 8.78. The maximum Gasteiger partial charge on any atom is 0.330 e. The summed E-state index contributed by atoms with van der Waals surface area (Å²) in [6, 6.07) is 4.01. The number of hydrogen-bond acceptors (Lipinski definition) is 3. The van der Waals surface area contributed by atoms with Crippen LogP contribution in [0, 0.1) is 5.92 Å². The molecule has 0 saturated heterocycles. The summed E-state index contributed by atoms with van der Waals surface area (Å²) in [6.07, 6.45) is 24.9. The molecule has 0 unspecified atom stereocenters. The first-order valence-electron chi connectivity index (χ1n) is 16.1. The van der Waals surface area contributed by atoms with Crippen LogP contribution in [-0.4, -0.2) is 0 Å². The molecule has 0 bridgehead atoms. The first kappa shape index (κ1) is 31.8. The Labute approximate surface area is 241 Å². The van der Waals surface area contributed by atoms with Gasteiger partial charge in [0, 0.05) is 30.9 Å². The Balaban J connectivity index is 1.89. The second-order valence-electron chi connectivity index (χ2n) is 11.4. The normalized spacial score (nSPS) is 13.7. The smallest absolute Gasteiger partial charge is 0.330 e. The lowest BCUT2D eigenvalue weighted by molar-refractivity contribution is 0.259. The second-order valence-corrected chi connectivity index (χ2v) is 11.4. The Morgan fingerprint density at radius 1 is 0.650 bits per heavy atom. The van der Waals surface area contributed by atoms with Gasteiger partial charge in [-0.25, -0.2) is 4.42 Å². The van der Waals surface area contributed by atoms with Gasteiger partial charge in [0.2, 0.25) is 10.9 Å². The number of aryl methyl sites for hydroxylation is 2. The van der Waals surface area contributed by atoms with Crippen molar-refractivity contribution >= 4 is 12.2 Å². The van der Waals surface area contributed by atoms with Crippen molar-refractivity contribution in [2.45, 2.75) is 130 Å². The maximum absolute atomic E-state index is 13.2. The van der Waals surface area contributed by atoms with E-state index in [9.17, 15) is 9.59 Å². The standard InChI is InChI=1S/C36H51O4/c1-5-9-13-17-29-21-27(22-30(39-29)18-14-10-6-2)25-33-35(37)34(36(33)38)26-28-23-31(19-15-11-7-3)40-32(24-28)20-16-12-8-4/h21-27H,5-20H2,1-4H3/q+1. The molecule has 0 saturated carbocycles. The number of hydrogen-bond donors (Lipinski definition) is 0. The zero-order valence-electron chi connectivity index (χ0n) is 25.5. The van der Waals surface area contributed by atoms with Crippen molar-refractivity contribution in [1.82, 2.24) is 0 Å². The molecule has 2 aromatic rings. The lowest BCUT2D eigenvalue weighted by Crippen LogP contribution is -2.64. The number of rotatable bonds is 18. The Hall–Kier alpha value is -2.75. The highest BCUT2D eigenvalue weighted by Gasteiger charge is 2.18. The molecule has 0 radical (unpaired) electrons. The van der Waals surface area contributed by atoms with Crippen molar-refractivity contribution in [2.75, 3.05) is 0 Å². The first-order chi connectivity index (χ1) is 19.5. The fourth-order valence-electron chi connectivity index (χ4n) is 5.32. The minimum Gasteiger partial charge on any atom is -0.467 e. The van der Waals surface area contributed by atoms with E-state index in [1.165, 1.54) is 12.8 Å². The molecule has 2 heterocycles. The average molecular weight is 548 g/mol. The zero-order chi connectivity index (χ0) is 28.7. The summed E-state index contributed by atoms with van der Waals surface area (Å²) >= 11 is 0. The van der Waals surface area contributed by atoms with Crippen molar-refractivity contribution < 1.29 is 9.15 Å². The summed E-state index contributed by atoms with van der Waals surface area (Å²) < 4.78 is 12.4. The molecule has 0 N–H and O–H groups in total. The van der Waals surface area contributed by atoms with E-state index < -0.39 is 0 Å². The highest BCUT2D eigenvalue weighted by atomic mass is 16.5. The highest BCUT2D eigenvalue weighted by Crippen LogP contribution is 2.27. The van der Waals surface area contributed by atoms with Gasteiger partial charge in [-0.2, -0.15) is 0 Å². The van der Waals surface area contributed by atoms with Crippen molar-refractivity contribution in [3.63, 3.8) is 0 Å². The topological polar surface area (TPSA) is 54.7 Å². The van der Waals surface area contributed by atoms with E-state index >= 15 is 0 Å². The lowest BCUT2D eigenvalue weighted by Gasteiger charge is -2.21. The van der Waals surface area contributed by atoms with E-state index in [1.807, 2.05) is 18.2 Å². The van der Waals surface area contributed by atoms with Gasteiger partial charge in [0.05, 0.1) is 23.3 Å². The van der Waals surface area contributed by atoms with Crippen LogP contribution in [0.2, 0.25) is 0 Å². The van der Waals surface area contributed by atoms with Crippen LogP contribution in [0.4, 0.5) is 0 Å². The number of ether oxygens (including phenoxy) is 1.